The smallest absolute Gasteiger partial charge is 0.138 e. The SMILES string of the molecule is C=S(=O)(NC1CCCCC1)c1ccc(-c2ccnc3[nH]c(CN(N)/C=C\N)cc23)cc1. The number of rotatable bonds is 7. The van der Waals surface area contributed by atoms with Crippen molar-refractivity contribution in [1.29, 1.82) is 0 Å². The molecule has 1 aromatic carbocycles. The zero-order chi connectivity index (χ0) is 21.8. The summed E-state index contributed by atoms with van der Waals surface area (Å²) in [5, 5.41) is 2.51. The predicted octanol–water partition coefficient (Wildman–Crippen LogP) is 3.25. The van der Waals surface area contributed by atoms with E-state index in [1.54, 1.807) is 12.4 Å². The van der Waals surface area contributed by atoms with Gasteiger partial charge >= 0.3 is 0 Å². The summed E-state index contributed by atoms with van der Waals surface area (Å²) in [4.78, 5) is 8.47. The highest BCUT2D eigenvalue weighted by Crippen LogP contribution is 2.29. The molecule has 6 N–H and O–H groups in total. The number of hydrazine groups is 1. The number of hydrogen-bond acceptors (Lipinski definition) is 5. The number of fused-ring (bicyclic) bond motifs is 1. The molecule has 1 saturated carbocycles. The molecule has 0 bridgehead atoms. The molecule has 2 heterocycles. The first-order valence-corrected chi connectivity index (χ1v) is 12.3. The van der Waals surface area contributed by atoms with Crippen molar-refractivity contribution in [1.82, 2.24) is 19.7 Å². The first-order chi connectivity index (χ1) is 15.0. The van der Waals surface area contributed by atoms with Crippen LogP contribution in [0.3, 0.4) is 0 Å². The van der Waals surface area contributed by atoms with Gasteiger partial charge in [0.15, 0.2) is 0 Å². The number of nitrogens with two attached hydrogens (primary N) is 2. The van der Waals surface area contributed by atoms with E-state index in [2.05, 4.69) is 20.6 Å². The van der Waals surface area contributed by atoms with Gasteiger partial charge in [-0.3, -0.25) is 0 Å². The van der Waals surface area contributed by atoms with Crippen molar-refractivity contribution >= 4 is 26.6 Å². The molecule has 31 heavy (non-hydrogen) atoms. The van der Waals surface area contributed by atoms with Crippen LogP contribution in [-0.2, 0) is 16.3 Å². The van der Waals surface area contributed by atoms with Gasteiger partial charge in [0.05, 0.1) is 16.3 Å². The van der Waals surface area contributed by atoms with Crippen LogP contribution in [0.1, 0.15) is 37.8 Å². The maximum Gasteiger partial charge on any atom is 0.138 e. The van der Waals surface area contributed by atoms with Crippen LogP contribution in [0.4, 0.5) is 0 Å². The van der Waals surface area contributed by atoms with Gasteiger partial charge < -0.3 is 15.7 Å². The minimum Gasteiger partial charge on any atom is -0.403 e. The Morgan fingerprint density at radius 3 is 2.68 bits per heavy atom. The van der Waals surface area contributed by atoms with E-state index in [1.807, 2.05) is 36.4 Å². The van der Waals surface area contributed by atoms with Crippen molar-refractivity contribution in [3.63, 3.8) is 0 Å². The Kier molecular flexibility index (Phi) is 6.31. The molecule has 2 aromatic heterocycles. The Bertz CT molecular complexity index is 1160. The Labute approximate surface area is 183 Å². The second kappa shape index (κ2) is 9.13. The molecule has 1 aliphatic rings. The van der Waals surface area contributed by atoms with Gasteiger partial charge in [0.2, 0.25) is 0 Å². The third-order valence-corrected chi connectivity index (χ3v) is 7.47. The molecule has 7 nitrogen and oxygen atoms in total. The van der Waals surface area contributed by atoms with Gasteiger partial charge in [-0.15, -0.1) is 0 Å². The number of aromatic nitrogens is 2. The monoisotopic (exact) mass is 438 g/mol. The third-order valence-electron chi connectivity index (χ3n) is 5.73. The lowest BCUT2D eigenvalue weighted by Crippen LogP contribution is -2.35. The zero-order valence-corrected chi connectivity index (χ0v) is 18.4. The first kappa shape index (κ1) is 21.4. The van der Waals surface area contributed by atoms with Crippen molar-refractivity contribution in [2.24, 2.45) is 11.6 Å². The highest BCUT2D eigenvalue weighted by molar-refractivity contribution is 7.98. The van der Waals surface area contributed by atoms with Crippen LogP contribution in [0, 0.1) is 0 Å². The van der Waals surface area contributed by atoms with E-state index in [4.69, 9.17) is 11.6 Å². The Hall–Kier alpha value is -2.81. The van der Waals surface area contributed by atoms with Crippen LogP contribution in [0.5, 0.6) is 0 Å². The van der Waals surface area contributed by atoms with Crippen LogP contribution in [0.2, 0.25) is 0 Å². The number of nitrogens with one attached hydrogen (secondary N) is 2. The second-order valence-electron chi connectivity index (χ2n) is 8.08. The van der Waals surface area contributed by atoms with Gasteiger partial charge in [-0.25, -0.2) is 19.8 Å². The molecule has 0 aliphatic heterocycles. The molecule has 1 aliphatic carbocycles. The van der Waals surface area contributed by atoms with Crippen molar-refractivity contribution in [3.8, 4) is 11.1 Å². The van der Waals surface area contributed by atoms with Gasteiger partial charge in [0.25, 0.3) is 0 Å². The summed E-state index contributed by atoms with van der Waals surface area (Å²) < 4.78 is 16.5. The highest BCUT2D eigenvalue weighted by atomic mass is 32.2. The lowest BCUT2D eigenvalue weighted by molar-refractivity contribution is 0.382. The molecule has 1 unspecified atom stereocenters. The molecule has 1 fully saturated rings. The highest BCUT2D eigenvalue weighted by Gasteiger charge is 2.18. The molecular formula is C23H30N6OS. The number of benzene rings is 1. The molecule has 0 amide bonds. The van der Waals surface area contributed by atoms with E-state index in [0.717, 1.165) is 45.6 Å². The van der Waals surface area contributed by atoms with Gasteiger partial charge in [0.1, 0.15) is 5.65 Å². The Balaban J connectivity index is 1.57. The largest absolute Gasteiger partial charge is 0.403 e. The van der Waals surface area contributed by atoms with Crippen molar-refractivity contribution in [2.75, 3.05) is 0 Å². The summed E-state index contributed by atoms with van der Waals surface area (Å²) in [6, 6.07) is 12.1. The third kappa shape index (κ3) is 4.92. The summed E-state index contributed by atoms with van der Waals surface area (Å²) in [7, 11) is -2.52. The van der Waals surface area contributed by atoms with E-state index >= 15 is 0 Å². The van der Waals surface area contributed by atoms with Crippen LogP contribution in [0.25, 0.3) is 22.2 Å². The second-order valence-corrected chi connectivity index (χ2v) is 10.1. The average Bonchev–Trinajstić information content (AvgIpc) is 3.16. The normalized spacial score (nSPS) is 17.2. The van der Waals surface area contributed by atoms with Crippen molar-refractivity contribution in [3.05, 3.63) is 60.7 Å². The molecule has 0 spiro atoms. The molecule has 4 rings (SSSR count). The van der Waals surface area contributed by atoms with E-state index in [1.165, 1.54) is 30.5 Å². The molecule has 0 radical (unpaired) electrons. The van der Waals surface area contributed by atoms with Crippen molar-refractivity contribution in [2.45, 2.75) is 49.6 Å². The number of hydrogen-bond donors (Lipinski definition) is 4. The van der Waals surface area contributed by atoms with E-state index in [0.29, 0.717) is 6.54 Å². The van der Waals surface area contributed by atoms with Gasteiger partial charge in [-0.1, -0.05) is 31.4 Å². The number of nitrogens with zero attached hydrogens (tertiary/aromatic N) is 2. The topological polar surface area (TPSA) is 113 Å². The molecule has 1 atom stereocenters. The lowest BCUT2D eigenvalue weighted by atomic mass is 9.96. The summed E-state index contributed by atoms with van der Waals surface area (Å²) in [6.07, 6.45) is 10.6. The molecule has 8 heteroatoms. The maximum absolute atomic E-state index is 13.2. The van der Waals surface area contributed by atoms with Crippen LogP contribution in [0.15, 0.2) is 59.9 Å². The zero-order valence-electron chi connectivity index (χ0n) is 17.6. The van der Waals surface area contributed by atoms with E-state index in [9.17, 15) is 4.21 Å². The fourth-order valence-corrected chi connectivity index (χ4v) is 5.68. The fraction of sp³-hybridized carbons (Fsp3) is 0.304. The fourth-order valence-electron chi connectivity index (χ4n) is 4.19. The molecule has 3 aromatic rings. The summed E-state index contributed by atoms with van der Waals surface area (Å²) >= 11 is 0. The van der Waals surface area contributed by atoms with Gasteiger partial charge in [0, 0.05) is 40.6 Å². The van der Waals surface area contributed by atoms with E-state index in [-0.39, 0.29) is 6.04 Å². The molecule has 0 saturated heterocycles. The minimum absolute atomic E-state index is 0.285. The number of H-pyrrole nitrogens is 1. The Morgan fingerprint density at radius 2 is 1.97 bits per heavy atom. The molecular weight excluding hydrogens is 408 g/mol. The first-order valence-electron chi connectivity index (χ1n) is 10.6. The Morgan fingerprint density at radius 1 is 1.23 bits per heavy atom. The maximum atomic E-state index is 13.2. The quantitative estimate of drug-likeness (QED) is 0.257. The number of pyridine rings is 1. The summed E-state index contributed by atoms with van der Waals surface area (Å²) in [5.74, 6) is 9.90. The van der Waals surface area contributed by atoms with Gasteiger partial charge in [-0.05, 0) is 54.1 Å². The van der Waals surface area contributed by atoms with Crippen molar-refractivity contribution < 1.29 is 4.21 Å². The summed E-state index contributed by atoms with van der Waals surface area (Å²) in [5.41, 5.74) is 9.20. The summed E-state index contributed by atoms with van der Waals surface area (Å²) in [6.45, 7) is 0.485. The van der Waals surface area contributed by atoms with Crippen LogP contribution >= 0.6 is 0 Å². The van der Waals surface area contributed by atoms with E-state index < -0.39 is 9.71 Å². The average molecular weight is 439 g/mol. The predicted molar refractivity (Wildman–Crippen MR) is 128 cm³/mol. The minimum atomic E-state index is -2.52. The number of aromatic amines is 1. The van der Waals surface area contributed by atoms with Crippen LogP contribution in [-0.4, -0.2) is 31.1 Å². The molecule has 164 valence electrons. The lowest BCUT2D eigenvalue weighted by Gasteiger charge is -2.25. The van der Waals surface area contributed by atoms with Gasteiger partial charge in [-0.2, -0.15) is 0 Å². The van der Waals surface area contributed by atoms with Crippen LogP contribution < -0.4 is 16.3 Å². The standard InChI is InChI=1S/C23H30N6OS/c1-31(30,28-18-5-3-2-4-6-18)20-9-7-17(8-10-20)21-11-13-26-23-22(21)15-19(27-23)16-29(25)14-12-24/h7-15,18H,1-6,16,24-25H2,(H,26,27)(H,28,30)/b14-12-.